The van der Waals surface area contributed by atoms with Crippen molar-refractivity contribution in [3.63, 3.8) is 0 Å². The fraction of sp³-hybridized carbons (Fsp3) is 0.391. The minimum atomic E-state index is -0.484. The van der Waals surface area contributed by atoms with Crippen LogP contribution in [0.4, 0.5) is 0 Å². The predicted molar refractivity (Wildman–Crippen MR) is 106 cm³/mol. The van der Waals surface area contributed by atoms with Gasteiger partial charge >= 0.3 is 11.9 Å². The lowest BCUT2D eigenvalue weighted by atomic mass is 9.95. The second kappa shape index (κ2) is 11.2. The molecule has 2 aromatic carbocycles. The Hall–Kier alpha value is -2.62. The third kappa shape index (κ3) is 6.24. The maximum atomic E-state index is 12.6. The summed E-state index contributed by atoms with van der Waals surface area (Å²) in [6, 6.07) is 15.1. The Bertz CT molecular complexity index is 737. The molecular formula is C23H28O4. The van der Waals surface area contributed by atoms with E-state index in [1.54, 1.807) is 19.1 Å². The molecular weight excluding hydrogens is 340 g/mol. The summed E-state index contributed by atoms with van der Waals surface area (Å²) in [5, 5.41) is 0. The maximum Gasteiger partial charge on any atom is 0.339 e. The summed E-state index contributed by atoms with van der Waals surface area (Å²) >= 11 is 0. The van der Waals surface area contributed by atoms with Crippen LogP contribution in [0.3, 0.4) is 0 Å². The Balaban J connectivity index is 2.23. The molecule has 0 aliphatic heterocycles. The van der Waals surface area contributed by atoms with Crippen LogP contribution < -0.4 is 0 Å². The Morgan fingerprint density at radius 3 is 2.30 bits per heavy atom. The molecule has 4 nitrogen and oxygen atoms in total. The lowest BCUT2D eigenvalue weighted by molar-refractivity contribution is 0.0462. The third-order valence-electron chi connectivity index (χ3n) is 4.32. The molecule has 0 aliphatic carbocycles. The highest BCUT2D eigenvalue weighted by atomic mass is 16.5. The van der Waals surface area contributed by atoms with Crippen molar-refractivity contribution < 1.29 is 19.1 Å². The molecule has 144 valence electrons. The fourth-order valence-corrected chi connectivity index (χ4v) is 2.95. The smallest absolute Gasteiger partial charge is 0.339 e. The Morgan fingerprint density at radius 2 is 1.59 bits per heavy atom. The summed E-state index contributed by atoms with van der Waals surface area (Å²) in [4.78, 5) is 25.1. The normalized spacial score (nSPS) is 10.4. The van der Waals surface area contributed by atoms with Crippen LogP contribution in [0.25, 0.3) is 0 Å². The highest BCUT2D eigenvalue weighted by molar-refractivity contribution is 6.04. The standard InChI is InChI=1S/C23H28O4/c1-3-5-6-10-16-27-22(24)20-15-11-14-19(21(20)23(25)26-4-2)17-18-12-8-7-9-13-18/h7-9,11-15H,3-6,10,16-17H2,1-2H3. The molecule has 2 aromatic rings. The van der Waals surface area contributed by atoms with E-state index in [9.17, 15) is 9.59 Å². The number of hydrogen-bond acceptors (Lipinski definition) is 4. The molecule has 0 fully saturated rings. The van der Waals surface area contributed by atoms with Gasteiger partial charge < -0.3 is 9.47 Å². The molecule has 0 saturated carbocycles. The van der Waals surface area contributed by atoms with E-state index in [1.807, 2.05) is 36.4 Å². The van der Waals surface area contributed by atoms with Crippen molar-refractivity contribution in [3.8, 4) is 0 Å². The van der Waals surface area contributed by atoms with Gasteiger partial charge in [-0.3, -0.25) is 0 Å². The van der Waals surface area contributed by atoms with Crippen molar-refractivity contribution in [3.05, 3.63) is 70.8 Å². The van der Waals surface area contributed by atoms with E-state index >= 15 is 0 Å². The predicted octanol–water partition coefficient (Wildman–Crippen LogP) is 5.19. The maximum absolute atomic E-state index is 12.6. The van der Waals surface area contributed by atoms with Crippen molar-refractivity contribution >= 4 is 11.9 Å². The first kappa shape index (κ1) is 20.7. The molecule has 0 heterocycles. The van der Waals surface area contributed by atoms with Crippen LogP contribution in [0.2, 0.25) is 0 Å². The molecule has 0 bridgehead atoms. The molecule has 0 aromatic heterocycles. The van der Waals surface area contributed by atoms with Crippen LogP contribution in [0.1, 0.15) is 71.4 Å². The van der Waals surface area contributed by atoms with Gasteiger partial charge in [-0.1, -0.05) is 68.7 Å². The zero-order valence-corrected chi connectivity index (χ0v) is 16.2. The molecule has 27 heavy (non-hydrogen) atoms. The topological polar surface area (TPSA) is 52.6 Å². The van der Waals surface area contributed by atoms with Crippen LogP contribution in [-0.2, 0) is 15.9 Å². The van der Waals surface area contributed by atoms with E-state index in [0.29, 0.717) is 18.6 Å². The minimum absolute atomic E-state index is 0.254. The third-order valence-corrected chi connectivity index (χ3v) is 4.32. The van der Waals surface area contributed by atoms with Gasteiger partial charge in [0.05, 0.1) is 24.3 Å². The summed E-state index contributed by atoms with van der Waals surface area (Å²) in [5.41, 5.74) is 2.41. The van der Waals surface area contributed by atoms with Gasteiger partial charge in [-0.25, -0.2) is 9.59 Å². The number of ether oxygens (including phenoxy) is 2. The van der Waals surface area contributed by atoms with E-state index < -0.39 is 11.9 Å². The van der Waals surface area contributed by atoms with Gasteiger partial charge in [0.15, 0.2) is 0 Å². The number of unbranched alkanes of at least 4 members (excludes halogenated alkanes) is 3. The van der Waals surface area contributed by atoms with Crippen molar-refractivity contribution in [2.75, 3.05) is 13.2 Å². The quantitative estimate of drug-likeness (QED) is 0.428. The summed E-state index contributed by atoms with van der Waals surface area (Å²) < 4.78 is 10.6. The summed E-state index contributed by atoms with van der Waals surface area (Å²) in [6.07, 6.45) is 4.66. The Labute approximate surface area is 161 Å². The molecule has 0 saturated heterocycles. The van der Waals surface area contributed by atoms with Crippen LogP contribution in [0.15, 0.2) is 48.5 Å². The number of hydrogen-bond donors (Lipinski definition) is 0. The van der Waals surface area contributed by atoms with Crippen LogP contribution in [-0.4, -0.2) is 25.2 Å². The van der Waals surface area contributed by atoms with Crippen molar-refractivity contribution in [2.24, 2.45) is 0 Å². The van der Waals surface area contributed by atoms with Gasteiger partial charge in [0, 0.05) is 0 Å². The molecule has 0 atom stereocenters. The van der Waals surface area contributed by atoms with Crippen LogP contribution >= 0.6 is 0 Å². The van der Waals surface area contributed by atoms with E-state index in [4.69, 9.17) is 9.47 Å². The largest absolute Gasteiger partial charge is 0.462 e. The molecule has 0 N–H and O–H groups in total. The number of esters is 2. The summed E-state index contributed by atoms with van der Waals surface area (Å²) in [7, 11) is 0. The highest BCUT2D eigenvalue weighted by Crippen LogP contribution is 2.21. The number of rotatable bonds is 10. The zero-order chi connectivity index (χ0) is 19.5. The van der Waals surface area contributed by atoms with Gasteiger partial charge in [-0.05, 0) is 37.0 Å². The molecule has 0 radical (unpaired) electrons. The summed E-state index contributed by atoms with van der Waals surface area (Å²) in [6.45, 7) is 4.51. The monoisotopic (exact) mass is 368 g/mol. The molecule has 0 unspecified atom stereocenters. The van der Waals surface area contributed by atoms with Crippen molar-refractivity contribution in [1.82, 2.24) is 0 Å². The van der Waals surface area contributed by atoms with E-state index in [-0.39, 0.29) is 12.2 Å². The number of carbonyl (C=O) groups is 2. The first-order valence-corrected chi connectivity index (χ1v) is 9.67. The Kier molecular flexibility index (Phi) is 8.56. The average molecular weight is 368 g/mol. The SMILES string of the molecule is CCCCCCOC(=O)c1cccc(Cc2ccccc2)c1C(=O)OCC. The second-order valence-corrected chi connectivity index (χ2v) is 6.42. The summed E-state index contributed by atoms with van der Waals surface area (Å²) in [5.74, 6) is -0.952. The molecule has 2 rings (SSSR count). The Morgan fingerprint density at radius 1 is 0.815 bits per heavy atom. The van der Waals surface area contributed by atoms with Crippen LogP contribution in [0.5, 0.6) is 0 Å². The van der Waals surface area contributed by atoms with Gasteiger partial charge in [-0.15, -0.1) is 0 Å². The number of benzene rings is 2. The van der Waals surface area contributed by atoms with Gasteiger partial charge in [-0.2, -0.15) is 0 Å². The first-order valence-electron chi connectivity index (χ1n) is 9.67. The minimum Gasteiger partial charge on any atom is -0.462 e. The fourth-order valence-electron chi connectivity index (χ4n) is 2.95. The molecule has 4 heteroatoms. The number of carbonyl (C=O) groups excluding carboxylic acids is 2. The lowest BCUT2D eigenvalue weighted by Crippen LogP contribution is -2.17. The van der Waals surface area contributed by atoms with Crippen LogP contribution in [0, 0.1) is 0 Å². The van der Waals surface area contributed by atoms with Crippen molar-refractivity contribution in [2.45, 2.75) is 46.0 Å². The molecule has 0 spiro atoms. The van der Waals surface area contributed by atoms with Gasteiger partial charge in [0.2, 0.25) is 0 Å². The van der Waals surface area contributed by atoms with E-state index in [1.165, 1.54) is 0 Å². The second-order valence-electron chi connectivity index (χ2n) is 6.42. The van der Waals surface area contributed by atoms with E-state index in [0.717, 1.165) is 36.8 Å². The van der Waals surface area contributed by atoms with Gasteiger partial charge in [0.1, 0.15) is 0 Å². The lowest BCUT2D eigenvalue weighted by Gasteiger charge is -2.14. The molecule has 0 amide bonds. The average Bonchev–Trinajstić information content (AvgIpc) is 2.68. The van der Waals surface area contributed by atoms with Gasteiger partial charge in [0.25, 0.3) is 0 Å². The van der Waals surface area contributed by atoms with Crippen molar-refractivity contribution in [1.29, 1.82) is 0 Å². The first-order chi connectivity index (χ1) is 13.2. The molecule has 0 aliphatic rings. The van der Waals surface area contributed by atoms with E-state index in [2.05, 4.69) is 6.92 Å². The highest BCUT2D eigenvalue weighted by Gasteiger charge is 2.23. The zero-order valence-electron chi connectivity index (χ0n) is 16.2.